The van der Waals surface area contributed by atoms with Crippen LogP contribution in [0.3, 0.4) is 0 Å². The maximum atomic E-state index is 12.7. The van der Waals surface area contributed by atoms with Gasteiger partial charge in [-0.05, 0) is 29.8 Å². The van der Waals surface area contributed by atoms with Crippen LogP contribution in [0.15, 0.2) is 35.6 Å². The molecule has 0 amide bonds. The molecule has 16 heavy (non-hydrogen) atoms. The Bertz CT molecular complexity index is 453. The van der Waals surface area contributed by atoms with Crippen molar-refractivity contribution in [2.75, 3.05) is 12.3 Å². The molecular formula is C11H12FN3S. The Morgan fingerprint density at radius 1 is 1.31 bits per heavy atom. The number of aromatic nitrogens is 2. The van der Waals surface area contributed by atoms with Crippen molar-refractivity contribution in [1.29, 1.82) is 0 Å². The van der Waals surface area contributed by atoms with Gasteiger partial charge in [-0.2, -0.15) is 0 Å². The zero-order valence-electron chi connectivity index (χ0n) is 8.61. The number of rotatable bonds is 4. The number of benzene rings is 1. The van der Waals surface area contributed by atoms with Crippen molar-refractivity contribution in [3.8, 4) is 11.3 Å². The van der Waals surface area contributed by atoms with Crippen LogP contribution in [-0.4, -0.2) is 22.3 Å². The second kappa shape index (κ2) is 5.14. The third-order valence-corrected chi connectivity index (χ3v) is 2.99. The van der Waals surface area contributed by atoms with Gasteiger partial charge in [-0.15, -0.1) is 0 Å². The highest BCUT2D eigenvalue weighted by molar-refractivity contribution is 7.99. The topological polar surface area (TPSA) is 54.7 Å². The summed E-state index contributed by atoms with van der Waals surface area (Å²) in [4.78, 5) is 7.37. The van der Waals surface area contributed by atoms with Crippen LogP contribution in [0, 0.1) is 5.82 Å². The number of imidazole rings is 1. The van der Waals surface area contributed by atoms with E-state index in [0.717, 1.165) is 22.2 Å². The largest absolute Gasteiger partial charge is 0.333 e. The van der Waals surface area contributed by atoms with E-state index in [4.69, 9.17) is 5.73 Å². The fraction of sp³-hybridized carbons (Fsp3) is 0.182. The van der Waals surface area contributed by atoms with E-state index in [-0.39, 0.29) is 5.82 Å². The summed E-state index contributed by atoms with van der Waals surface area (Å²) in [6, 6.07) is 6.31. The van der Waals surface area contributed by atoms with Crippen LogP contribution in [0.25, 0.3) is 11.3 Å². The third kappa shape index (κ3) is 2.62. The SMILES string of the molecule is NCCSc1ncc(-c2ccc(F)cc2)[nH]1. The van der Waals surface area contributed by atoms with E-state index in [2.05, 4.69) is 9.97 Å². The molecule has 0 atom stereocenters. The van der Waals surface area contributed by atoms with Gasteiger partial charge in [0.1, 0.15) is 5.82 Å². The molecule has 3 N–H and O–H groups in total. The van der Waals surface area contributed by atoms with E-state index in [1.54, 1.807) is 30.1 Å². The van der Waals surface area contributed by atoms with Crippen molar-refractivity contribution in [3.63, 3.8) is 0 Å². The number of thioether (sulfide) groups is 1. The zero-order valence-corrected chi connectivity index (χ0v) is 9.43. The van der Waals surface area contributed by atoms with Gasteiger partial charge in [0.25, 0.3) is 0 Å². The molecule has 84 valence electrons. The molecule has 2 aromatic rings. The van der Waals surface area contributed by atoms with Crippen LogP contribution >= 0.6 is 11.8 Å². The highest BCUT2D eigenvalue weighted by atomic mass is 32.2. The van der Waals surface area contributed by atoms with E-state index in [1.807, 2.05) is 0 Å². The molecule has 1 aromatic heterocycles. The van der Waals surface area contributed by atoms with Crippen molar-refractivity contribution in [1.82, 2.24) is 9.97 Å². The molecule has 0 spiro atoms. The standard InChI is InChI=1S/C11H12FN3S/c12-9-3-1-8(2-4-9)10-7-14-11(15-10)16-6-5-13/h1-4,7H,5-6,13H2,(H,14,15). The minimum Gasteiger partial charge on any atom is -0.333 e. The van der Waals surface area contributed by atoms with E-state index in [1.165, 1.54) is 12.1 Å². The first-order valence-electron chi connectivity index (χ1n) is 4.93. The highest BCUT2D eigenvalue weighted by Gasteiger charge is 2.03. The summed E-state index contributed by atoms with van der Waals surface area (Å²) in [6.07, 6.45) is 1.74. The van der Waals surface area contributed by atoms with Crippen LogP contribution in [0.5, 0.6) is 0 Å². The number of nitrogens with two attached hydrogens (primary N) is 1. The molecule has 0 aliphatic rings. The van der Waals surface area contributed by atoms with Crippen LogP contribution in [0.4, 0.5) is 4.39 Å². The summed E-state index contributed by atoms with van der Waals surface area (Å²) >= 11 is 1.57. The molecule has 2 rings (SSSR count). The highest BCUT2D eigenvalue weighted by Crippen LogP contribution is 2.21. The molecule has 1 heterocycles. The molecule has 0 aliphatic carbocycles. The average molecular weight is 237 g/mol. The second-order valence-electron chi connectivity index (χ2n) is 3.25. The minimum atomic E-state index is -0.235. The van der Waals surface area contributed by atoms with Crippen molar-refractivity contribution in [2.45, 2.75) is 5.16 Å². The van der Waals surface area contributed by atoms with E-state index >= 15 is 0 Å². The van der Waals surface area contributed by atoms with Gasteiger partial charge in [-0.1, -0.05) is 11.8 Å². The Morgan fingerprint density at radius 2 is 2.06 bits per heavy atom. The lowest BCUT2D eigenvalue weighted by Crippen LogP contribution is -2.01. The molecule has 0 fully saturated rings. The lowest BCUT2D eigenvalue weighted by molar-refractivity contribution is 0.628. The zero-order chi connectivity index (χ0) is 11.4. The maximum Gasteiger partial charge on any atom is 0.165 e. The van der Waals surface area contributed by atoms with Gasteiger partial charge in [-0.3, -0.25) is 0 Å². The number of nitrogens with one attached hydrogen (secondary N) is 1. The first-order valence-corrected chi connectivity index (χ1v) is 5.92. The predicted octanol–water partition coefficient (Wildman–Crippen LogP) is 2.27. The van der Waals surface area contributed by atoms with Crippen molar-refractivity contribution < 1.29 is 4.39 Å². The molecule has 0 radical (unpaired) electrons. The van der Waals surface area contributed by atoms with Crippen molar-refractivity contribution in [3.05, 3.63) is 36.3 Å². The van der Waals surface area contributed by atoms with E-state index in [0.29, 0.717) is 6.54 Å². The normalized spacial score (nSPS) is 10.6. The second-order valence-corrected chi connectivity index (χ2v) is 4.33. The first kappa shape index (κ1) is 11.2. The third-order valence-electron chi connectivity index (χ3n) is 2.06. The van der Waals surface area contributed by atoms with Crippen LogP contribution < -0.4 is 5.73 Å². The molecule has 0 saturated heterocycles. The Hall–Kier alpha value is -1.33. The molecule has 3 nitrogen and oxygen atoms in total. The Kier molecular flexibility index (Phi) is 3.58. The Balaban J connectivity index is 2.15. The van der Waals surface area contributed by atoms with Crippen molar-refractivity contribution >= 4 is 11.8 Å². The van der Waals surface area contributed by atoms with Gasteiger partial charge in [0.2, 0.25) is 0 Å². The van der Waals surface area contributed by atoms with E-state index < -0.39 is 0 Å². The number of nitrogens with zero attached hydrogens (tertiary/aromatic N) is 1. The predicted molar refractivity (Wildman–Crippen MR) is 63.8 cm³/mol. The van der Waals surface area contributed by atoms with Gasteiger partial charge in [0.15, 0.2) is 5.16 Å². The van der Waals surface area contributed by atoms with Crippen LogP contribution in [0.2, 0.25) is 0 Å². The van der Waals surface area contributed by atoms with Gasteiger partial charge >= 0.3 is 0 Å². The number of halogens is 1. The fourth-order valence-corrected chi connectivity index (χ4v) is 1.93. The summed E-state index contributed by atoms with van der Waals surface area (Å²) in [5.74, 6) is 0.595. The van der Waals surface area contributed by atoms with E-state index in [9.17, 15) is 4.39 Å². The minimum absolute atomic E-state index is 0.235. The van der Waals surface area contributed by atoms with Crippen molar-refractivity contribution in [2.24, 2.45) is 5.73 Å². The lowest BCUT2D eigenvalue weighted by atomic mass is 10.2. The Morgan fingerprint density at radius 3 is 2.75 bits per heavy atom. The maximum absolute atomic E-state index is 12.7. The lowest BCUT2D eigenvalue weighted by Gasteiger charge is -1.97. The molecule has 5 heteroatoms. The van der Waals surface area contributed by atoms with Crippen LogP contribution in [0.1, 0.15) is 0 Å². The smallest absolute Gasteiger partial charge is 0.165 e. The summed E-state index contributed by atoms with van der Waals surface area (Å²) in [5.41, 5.74) is 7.22. The summed E-state index contributed by atoms with van der Waals surface area (Å²) in [7, 11) is 0. The van der Waals surface area contributed by atoms with Crippen LogP contribution in [-0.2, 0) is 0 Å². The number of H-pyrrole nitrogens is 1. The number of aromatic amines is 1. The van der Waals surface area contributed by atoms with Gasteiger partial charge < -0.3 is 10.7 Å². The first-order chi connectivity index (χ1) is 7.79. The molecule has 0 unspecified atom stereocenters. The monoisotopic (exact) mass is 237 g/mol. The van der Waals surface area contributed by atoms with Gasteiger partial charge in [-0.25, -0.2) is 9.37 Å². The number of hydrogen-bond acceptors (Lipinski definition) is 3. The molecule has 0 bridgehead atoms. The van der Waals surface area contributed by atoms with Gasteiger partial charge in [0, 0.05) is 12.3 Å². The number of hydrogen-bond donors (Lipinski definition) is 2. The molecule has 0 aliphatic heterocycles. The average Bonchev–Trinajstić information content (AvgIpc) is 2.76. The Labute approximate surface area is 97.3 Å². The summed E-state index contributed by atoms with van der Waals surface area (Å²) in [6.45, 7) is 0.622. The molecular weight excluding hydrogens is 225 g/mol. The quantitative estimate of drug-likeness (QED) is 0.802. The fourth-order valence-electron chi connectivity index (χ4n) is 1.31. The van der Waals surface area contributed by atoms with Gasteiger partial charge in [0.05, 0.1) is 11.9 Å². The summed E-state index contributed by atoms with van der Waals surface area (Å²) < 4.78 is 12.7. The summed E-state index contributed by atoms with van der Waals surface area (Å²) in [5, 5.41) is 0.838. The molecule has 1 aromatic carbocycles. The molecule has 0 saturated carbocycles.